The minimum atomic E-state index is -0.895. The molecule has 2 aliphatic heterocycles. The highest BCUT2D eigenvalue weighted by molar-refractivity contribution is 5.95. The van der Waals surface area contributed by atoms with Crippen LogP contribution in [0.5, 0.6) is 5.75 Å². The first-order valence-electron chi connectivity index (χ1n) is 23.1. The third-order valence-electron chi connectivity index (χ3n) is 14.4. The Bertz CT molecular complexity index is 1580. The third-order valence-corrected chi connectivity index (χ3v) is 14.4. The van der Waals surface area contributed by atoms with Crippen LogP contribution >= 0.6 is 0 Å². The molecule has 5 saturated carbocycles. The highest BCUT2D eigenvalue weighted by Gasteiger charge is 2.41. The quantitative estimate of drug-likeness (QED) is 0.185. The number of nitro benzene ring substituents is 1. The van der Waals surface area contributed by atoms with Crippen LogP contribution in [0.3, 0.4) is 0 Å². The van der Waals surface area contributed by atoms with E-state index in [4.69, 9.17) is 20.3 Å². The number of methoxy groups -OCH3 is 2. The van der Waals surface area contributed by atoms with E-state index in [1.807, 2.05) is 0 Å². The zero-order valence-electron chi connectivity index (χ0n) is 36.6. The minimum Gasteiger partial charge on any atom is -0.490 e. The molecule has 61 heavy (non-hydrogen) atoms. The van der Waals surface area contributed by atoms with E-state index in [-0.39, 0.29) is 41.2 Å². The summed E-state index contributed by atoms with van der Waals surface area (Å²) in [5.41, 5.74) is 6.25. The standard InChI is InChI=1S/C22H32N4O4.C14H27N3.C8H13NO5/c1-30-21-14-17(4-9-20(21)26(28)29)22(27)23-18-5-7-19(8-6-18)25-12-10-24(11-13-25)15-16-2-3-16;15-13-3-5-14(6-4-13)17-9-7-16(8-10-17)11-12-1-2-12;1-14-7-4-5(8(10)11)2-3-6(7)9(12)13/h4,9,14,16,18-19H,2-3,5-8,10-13,15H2,1H3,(H,23,27);12-14H,1-11,15H2;5-7H,2-4H2,1H3,(H,10,11). The molecule has 3 unspecified atom stereocenters. The van der Waals surface area contributed by atoms with Crippen LogP contribution in [0.1, 0.15) is 107 Å². The maximum atomic E-state index is 12.6. The topological polar surface area (TPSA) is 210 Å². The van der Waals surface area contributed by atoms with Gasteiger partial charge in [-0.05, 0) is 108 Å². The fourth-order valence-corrected chi connectivity index (χ4v) is 10.1. The van der Waals surface area contributed by atoms with Crippen molar-refractivity contribution in [1.29, 1.82) is 0 Å². The first kappa shape index (κ1) is 47.0. The summed E-state index contributed by atoms with van der Waals surface area (Å²) < 4.78 is 10.0. The van der Waals surface area contributed by atoms with E-state index in [9.17, 15) is 29.8 Å². The van der Waals surface area contributed by atoms with E-state index < -0.39 is 29.0 Å². The van der Waals surface area contributed by atoms with E-state index in [1.54, 1.807) is 0 Å². The van der Waals surface area contributed by atoms with Gasteiger partial charge < -0.3 is 35.4 Å². The van der Waals surface area contributed by atoms with E-state index in [1.165, 1.54) is 136 Å². The lowest BCUT2D eigenvalue weighted by molar-refractivity contribution is -0.539. The van der Waals surface area contributed by atoms with Gasteiger partial charge in [0, 0.05) is 126 Å². The second kappa shape index (κ2) is 22.7. The lowest BCUT2D eigenvalue weighted by atomic mass is 9.84. The number of hydrogen-bond donors (Lipinski definition) is 3. The largest absolute Gasteiger partial charge is 0.490 e. The van der Waals surface area contributed by atoms with Gasteiger partial charge >= 0.3 is 11.7 Å². The first-order chi connectivity index (χ1) is 29.4. The predicted molar refractivity (Wildman–Crippen MR) is 231 cm³/mol. The van der Waals surface area contributed by atoms with Gasteiger partial charge in [-0.3, -0.25) is 39.6 Å². The van der Waals surface area contributed by atoms with Crippen LogP contribution in [0.2, 0.25) is 0 Å². The van der Waals surface area contributed by atoms with Crippen molar-refractivity contribution in [3.05, 3.63) is 44.0 Å². The number of carbonyl (C=O) groups is 2. The maximum Gasteiger partial charge on any atom is 0.310 e. The van der Waals surface area contributed by atoms with Crippen LogP contribution in [-0.2, 0) is 9.53 Å². The van der Waals surface area contributed by atoms with Crippen molar-refractivity contribution >= 4 is 17.6 Å². The van der Waals surface area contributed by atoms with Crippen molar-refractivity contribution in [2.75, 3.05) is 79.7 Å². The van der Waals surface area contributed by atoms with Gasteiger partial charge in [0.1, 0.15) is 6.10 Å². The molecule has 0 radical (unpaired) electrons. The summed E-state index contributed by atoms with van der Waals surface area (Å²) in [6.45, 7) is 12.6. The summed E-state index contributed by atoms with van der Waals surface area (Å²) in [6.07, 6.45) is 15.4. The number of carbonyl (C=O) groups excluding carboxylic acids is 1. The molecule has 4 N–H and O–H groups in total. The van der Waals surface area contributed by atoms with Gasteiger partial charge in [-0.15, -0.1) is 0 Å². The molecule has 7 aliphatic rings. The highest BCUT2D eigenvalue weighted by atomic mass is 16.6. The number of benzene rings is 1. The summed E-state index contributed by atoms with van der Waals surface area (Å²) in [4.78, 5) is 54.7. The molecule has 1 amide bonds. The Morgan fingerprint density at radius 2 is 1.28 bits per heavy atom. The molecule has 0 bridgehead atoms. The molecule has 8 rings (SSSR count). The molecule has 2 saturated heterocycles. The monoisotopic (exact) mass is 857 g/mol. The number of carboxylic acids is 1. The number of rotatable bonds is 13. The molecule has 2 heterocycles. The Morgan fingerprint density at radius 1 is 0.754 bits per heavy atom. The fourth-order valence-electron chi connectivity index (χ4n) is 10.1. The summed E-state index contributed by atoms with van der Waals surface area (Å²) in [6, 6.07) is 5.62. The van der Waals surface area contributed by atoms with Crippen molar-refractivity contribution in [2.45, 2.75) is 133 Å². The van der Waals surface area contributed by atoms with Crippen LogP contribution < -0.4 is 15.8 Å². The van der Waals surface area contributed by atoms with Crippen LogP contribution in [0.15, 0.2) is 18.2 Å². The number of ether oxygens (including phenoxy) is 2. The zero-order chi connectivity index (χ0) is 43.5. The number of nitro groups is 2. The normalized spacial score (nSPS) is 30.4. The maximum absolute atomic E-state index is 12.6. The van der Waals surface area contributed by atoms with Crippen molar-refractivity contribution in [2.24, 2.45) is 23.5 Å². The Morgan fingerprint density at radius 3 is 1.72 bits per heavy atom. The van der Waals surface area contributed by atoms with Crippen molar-refractivity contribution in [3.63, 3.8) is 0 Å². The Kier molecular flexibility index (Phi) is 17.5. The fraction of sp³-hybridized carbons (Fsp3) is 0.818. The Labute approximate surface area is 361 Å². The summed E-state index contributed by atoms with van der Waals surface area (Å²) in [5.74, 6) is 0.531. The van der Waals surface area contributed by atoms with Crippen LogP contribution in [0, 0.1) is 38.0 Å². The lowest BCUT2D eigenvalue weighted by Crippen LogP contribution is -2.52. The second-order valence-electron chi connectivity index (χ2n) is 18.7. The van der Waals surface area contributed by atoms with Crippen molar-refractivity contribution in [1.82, 2.24) is 24.9 Å². The smallest absolute Gasteiger partial charge is 0.310 e. The second-order valence-corrected chi connectivity index (χ2v) is 18.7. The summed E-state index contributed by atoms with van der Waals surface area (Å²) >= 11 is 0. The molecule has 3 atom stereocenters. The average molecular weight is 857 g/mol. The zero-order valence-corrected chi connectivity index (χ0v) is 36.6. The van der Waals surface area contributed by atoms with Gasteiger partial charge in [0.25, 0.3) is 5.91 Å². The molecule has 7 fully saturated rings. The highest BCUT2D eigenvalue weighted by Crippen LogP contribution is 2.33. The van der Waals surface area contributed by atoms with Crippen molar-refractivity contribution in [3.8, 4) is 5.75 Å². The number of nitrogens with two attached hydrogens (primary N) is 1. The summed E-state index contributed by atoms with van der Waals surface area (Å²) in [5, 5.41) is 33.5. The number of hydrogen-bond acceptors (Lipinski definition) is 13. The van der Waals surface area contributed by atoms with Gasteiger partial charge in [-0.2, -0.15) is 0 Å². The molecular formula is C44H72N8O9. The molecule has 342 valence electrons. The van der Waals surface area contributed by atoms with Gasteiger partial charge in [-0.1, -0.05) is 0 Å². The van der Waals surface area contributed by atoms with Crippen molar-refractivity contribution < 1.29 is 34.0 Å². The summed E-state index contributed by atoms with van der Waals surface area (Å²) in [7, 11) is 2.75. The number of amides is 1. The Hall–Kier alpha value is -3.48. The van der Waals surface area contributed by atoms with E-state index >= 15 is 0 Å². The molecule has 1 aromatic carbocycles. The number of nitrogens with one attached hydrogen (secondary N) is 1. The van der Waals surface area contributed by atoms with Gasteiger partial charge in [-0.25, -0.2) is 0 Å². The number of aliphatic carboxylic acids is 1. The number of nitrogens with zero attached hydrogens (tertiary/aromatic N) is 6. The molecule has 17 nitrogen and oxygen atoms in total. The van der Waals surface area contributed by atoms with E-state index in [0.29, 0.717) is 24.1 Å². The predicted octanol–water partition coefficient (Wildman–Crippen LogP) is 4.49. The molecule has 5 aliphatic carbocycles. The SMILES string of the molecule is COC1CC(C(=O)O)CCC1[N+](=O)[O-].COc1cc(C(=O)NC2CCC(N3CCN(CC4CC4)CC3)CC2)ccc1[N+](=O)[O-].NC1CCC(N2CCN(CC3CC3)CC2)CC1. The molecule has 17 heteroatoms. The van der Waals surface area contributed by atoms with Gasteiger partial charge in [0.05, 0.1) is 18.0 Å². The van der Waals surface area contributed by atoms with E-state index in [2.05, 4.69) is 24.9 Å². The minimum absolute atomic E-state index is 0.109. The molecule has 0 aromatic heterocycles. The van der Waals surface area contributed by atoms with Crippen LogP contribution in [0.4, 0.5) is 5.69 Å². The average Bonchev–Trinajstić information content (AvgIpc) is 4.23. The first-order valence-corrected chi connectivity index (χ1v) is 23.1. The van der Waals surface area contributed by atoms with Gasteiger partial charge in [0.15, 0.2) is 5.75 Å². The lowest BCUT2D eigenvalue weighted by Gasteiger charge is -2.42. The van der Waals surface area contributed by atoms with E-state index in [0.717, 1.165) is 56.7 Å². The Balaban J connectivity index is 0.000000169. The van der Waals surface area contributed by atoms with Crippen LogP contribution in [0.25, 0.3) is 0 Å². The molecular weight excluding hydrogens is 785 g/mol. The third kappa shape index (κ3) is 14.3. The van der Waals surface area contributed by atoms with Gasteiger partial charge in [0.2, 0.25) is 6.04 Å². The number of carboxylic acid groups (broad SMARTS) is 1. The number of piperazine rings is 2. The molecule has 0 spiro atoms. The van der Waals surface area contributed by atoms with Crippen LogP contribution in [-0.4, -0.2) is 162 Å². The molecule has 1 aromatic rings.